The summed E-state index contributed by atoms with van der Waals surface area (Å²) in [6, 6.07) is 9.02. The van der Waals surface area contributed by atoms with Gasteiger partial charge in [0.2, 0.25) is 5.60 Å². The largest absolute Gasteiger partial charge is 0.392 e. The summed E-state index contributed by atoms with van der Waals surface area (Å²) in [5.41, 5.74) is -0.168. The summed E-state index contributed by atoms with van der Waals surface area (Å²) in [5.74, 6) is 0. The number of epoxide rings is 1. The topological polar surface area (TPSA) is 56.5 Å². The lowest BCUT2D eigenvalue weighted by Gasteiger charge is -1.98. The summed E-state index contributed by atoms with van der Waals surface area (Å²) in [4.78, 5) is 0. The van der Waals surface area contributed by atoms with Gasteiger partial charge in [-0.1, -0.05) is 23.7 Å². The van der Waals surface area contributed by atoms with Crippen LogP contribution >= 0.6 is 11.6 Å². The molecule has 0 amide bonds. The van der Waals surface area contributed by atoms with Gasteiger partial charge in [-0.05, 0) is 17.7 Å². The molecule has 0 bridgehead atoms. The van der Waals surface area contributed by atoms with Crippen LogP contribution in [0.15, 0.2) is 24.3 Å². The Labute approximate surface area is 86.5 Å². The number of aliphatic hydroxyl groups is 1. The Balaban J connectivity index is 2.21. The van der Waals surface area contributed by atoms with Crippen molar-refractivity contribution in [2.45, 2.75) is 11.7 Å². The zero-order valence-corrected chi connectivity index (χ0v) is 8.03. The fourth-order valence-electron chi connectivity index (χ4n) is 1.39. The third-order valence-corrected chi connectivity index (χ3v) is 2.54. The first-order valence-electron chi connectivity index (χ1n) is 4.17. The predicted molar refractivity (Wildman–Crippen MR) is 50.7 cm³/mol. The minimum Gasteiger partial charge on any atom is -0.392 e. The molecule has 1 fully saturated rings. The molecule has 1 aliphatic heterocycles. The number of halogens is 1. The Morgan fingerprint density at radius 3 is 2.57 bits per heavy atom. The van der Waals surface area contributed by atoms with Crippen LogP contribution < -0.4 is 0 Å². The molecular formula is C10H8ClNO2. The van der Waals surface area contributed by atoms with E-state index in [9.17, 15) is 0 Å². The highest BCUT2D eigenvalue weighted by molar-refractivity contribution is 6.30. The summed E-state index contributed by atoms with van der Waals surface area (Å²) in [6.45, 7) is -0.281. The van der Waals surface area contributed by atoms with E-state index in [0.29, 0.717) is 5.02 Å². The molecule has 1 saturated heterocycles. The van der Waals surface area contributed by atoms with Gasteiger partial charge in [-0.3, -0.25) is 0 Å². The normalized spacial score (nSPS) is 29.6. The van der Waals surface area contributed by atoms with Gasteiger partial charge in [-0.2, -0.15) is 5.26 Å². The highest BCUT2D eigenvalue weighted by Crippen LogP contribution is 2.48. The lowest BCUT2D eigenvalue weighted by atomic mass is 10.0. The standard InChI is InChI=1S/C10H8ClNO2/c11-8-3-1-7(2-4-8)9-10(5-12,6-13)14-9/h1-4,9,13H,6H2/t9-,10-/m0/s1. The van der Waals surface area contributed by atoms with E-state index in [0.717, 1.165) is 5.56 Å². The fraction of sp³-hybridized carbons (Fsp3) is 0.300. The second kappa shape index (κ2) is 3.25. The number of hydrogen-bond acceptors (Lipinski definition) is 3. The molecule has 1 aromatic carbocycles. The van der Waals surface area contributed by atoms with Crippen LogP contribution in [0.5, 0.6) is 0 Å². The van der Waals surface area contributed by atoms with Crippen LogP contribution in [-0.4, -0.2) is 17.3 Å². The molecule has 2 atom stereocenters. The fourth-order valence-corrected chi connectivity index (χ4v) is 1.52. The van der Waals surface area contributed by atoms with Crippen molar-refractivity contribution in [3.05, 3.63) is 34.9 Å². The van der Waals surface area contributed by atoms with E-state index in [1.807, 2.05) is 6.07 Å². The van der Waals surface area contributed by atoms with Crippen molar-refractivity contribution in [1.29, 1.82) is 5.26 Å². The highest BCUT2D eigenvalue weighted by Gasteiger charge is 2.57. The zero-order valence-electron chi connectivity index (χ0n) is 7.27. The highest BCUT2D eigenvalue weighted by atomic mass is 35.5. The van der Waals surface area contributed by atoms with E-state index in [1.54, 1.807) is 24.3 Å². The zero-order chi connectivity index (χ0) is 10.2. The molecule has 0 unspecified atom stereocenters. The van der Waals surface area contributed by atoms with Crippen LogP contribution in [0.3, 0.4) is 0 Å². The van der Waals surface area contributed by atoms with Crippen LogP contribution in [0.2, 0.25) is 5.02 Å². The summed E-state index contributed by atoms with van der Waals surface area (Å²) >= 11 is 5.72. The molecule has 0 aromatic heterocycles. The Morgan fingerprint density at radius 1 is 1.50 bits per heavy atom. The smallest absolute Gasteiger partial charge is 0.208 e. The minimum atomic E-state index is -1.03. The molecule has 14 heavy (non-hydrogen) atoms. The lowest BCUT2D eigenvalue weighted by Crippen LogP contribution is -2.14. The third-order valence-electron chi connectivity index (χ3n) is 2.29. The first-order valence-corrected chi connectivity index (χ1v) is 4.55. The number of nitriles is 1. The molecule has 1 aliphatic rings. The third kappa shape index (κ3) is 1.38. The van der Waals surface area contributed by atoms with Crippen molar-refractivity contribution in [1.82, 2.24) is 0 Å². The van der Waals surface area contributed by atoms with E-state index in [2.05, 4.69) is 0 Å². The lowest BCUT2D eigenvalue weighted by molar-refractivity contribution is 0.206. The molecule has 3 nitrogen and oxygen atoms in total. The molecule has 0 spiro atoms. The van der Waals surface area contributed by atoms with Crippen molar-refractivity contribution in [2.75, 3.05) is 6.61 Å². The number of rotatable bonds is 2. The maximum Gasteiger partial charge on any atom is 0.208 e. The summed E-state index contributed by atoms with van der Waals surface area (Å²) in [6.07, 6.45) is -0.324. The number of nitrogens with zero attached hydrogens (tertiary/aromatic N) is 1. The molecular weight excluding hydrogens is 202 g/mol. The van der Waals surface area contributed by atoms with Crippen LogP contribution in [0.1, 0.15) is 11.7 Å². The number of benzene rings is 1. The first kappa shape index (κ1) is 9.47. The average Bonchev–Trinajstić information content (AvgIpc) is 2.94. The van der Waals surface area contributed by atoms with Crippen LogP contribution in [0, 0.1) is 11.3 Å². The summed E-state index contributed by atoms with van der Waals surface area (Å²) in [5, 5.41) is 18.4. The molecule has 0 radical (unpaired) electrons. The van der Waals surface area contributed by atoms with Gasteiger partial charge < -0.3 is 9.84 Å². The molecule has 1 aromatic rings. The summed E-state index contributed by atoms with van der Waals surface area (Å²) in [7, 11) is 0. The van der Waals surface area contributed by atoms with E-state index >= 15 is 0 Å². The van der Waals surface area contributed by atoms with E-state index in [4.69, 9.17) is 26.7 Å². The Bertz CT molecular complexity index is 384. The Morgan fingerprint density at radius 2 is 2.14 bits per heavy atom. The second-order valence-corrected chi connectivity index (χ2v) is 3.65. The number of aliphatic hydroxyl groups excluding tert-OH is 1. The maximum absolute atomic E-state index is 8.97. The Kier molecular flexibility index (Phi) is 2.20. The van der Waals surface area contributed by atoms with Crippen molar-refractivity contribution in [3.63, 3.8) is 0 Å². The van der Waals surface area contributed by atoms with Gasteiger partial charge in [0.05, 0.1) is 6.61 Å². The Hall–Kier alpha value is -1.08. The van der Waals surface area contributed by atoms with Crippen molar-refractivity contribution >= 4 is 11.6 Å². The maximum atomic E-state index is 8.97. The molecule has 0 saturated carbocycles. The molecule has 2 rings (SSSR count). The van der Waals surface area contributed by atoms with E-state index in [-0.39, 0.29) is 12.7 Å². The van der Waals surface area contributed by atoms with E-state index < -0.39 is 5.60 Å². The van der Waals surface area contributed by atoms with Gasteiger partial charge in [0.25, 0.3) is 0 Å². The SMILES string of the molecule is N#C[C@@]1(CO)O[C@H]1c1ccc(Cl)cc1. The van der Waals surface area contributed by atoms with Crippen molar-refractivity contribution in [3.8, 4) is 6.07 Å². The first-order chi connectivity index (χ1) is 6.72. The van der Waals surface area contributed by atoms with Gasteiger partial charge in [-0.25, -0.2) is 0 Å². The molecule has 0 aliphatic carbocycles. The number of ether oxygens (including phenoxy) is 1. The summed E-state index contributed by atoms with van der Waals surface area (Å²) < 4.78 is 5.17. The monoisotopic (exact) mass is 209 g/mol. The van der Waals surface area contributed by atoms with Gasteiger partial charge in [0.15, 0.2) is 0 Å². The van der Waals surface area contributed by atoms with Gasteiger partial charge in [0, 0.05) is 5.02 Å². The van der Waals surface area contributed by atoms with Crippen LogP contribution in [-0.2, 0) is 4.74 Å². The van der Waals surface area contributed by atoms with Gasteiger partial charge >= 0.3 is 0 Å². The molecule has 72 valence electrons. The van der Waals surface area contributed by atoms with Gasteiger partial charge in [0.1, 0.15) is 12.2 Å². The van der Waals surface area contributed by atoms with E-state index in [1.165, 1.54) is 0 Å². The van der Waals surface area contributed by atoms with Crippen LogP contribution in [0.4, 0.5) is 0 Å². The van der Waals surface area contributed by atoms with Crippen molar-refractivity contribution < 1.29 is 9.84 Å². The molecule has 1 N–H and O–H groups in total. The number of hydrogen-bond donors (Lipinski definition) is 1. The minimum absolute atomic E-state index is 0.281. The second-order valence-electron chi connectivity index (χ2n) is 3.21. The van der Waals surface area contributed by atoms with Crippen molar-refractivity contribution in [2.24, 2.45) is 0 Å². The predicted octanol–water partition coefficient (Wildman–Crippen LogP) is 1.67. The molecule has 4 heteroatoms. The average molecular weight is 210 g/mol. The molecule has 1 heterocycles. The van der Waals surface area contributed by atoms with Crippen LogP contribution in [0.25, 0.3) is 0 Å². The van der Waals surface area contributed by atoms with Gasteiger partial charge in [-0.15, -0.1) is 0 Å². The quantitative estimate of drug-likeness (QED) is 0.754.